The molecule has 0 saturated carbocycles. The van der Waals surface area contributed by atoms with Crippen LogP contribution in [0.2, 0.25) is 0 Å². The molecule has 5 heterocycles. The maximum atomic E-state index is 14.4. The van der Waals surface area contributed by atoms with E-state index in [1.165, 1.54) is 12.3 Å². The third kappa shape index (κ3) is 5.10. The SMILES string of the molecule is COc1cc(CN(Cc2cn3c4c(c(F)c(F)cc4c2=O)CC3)[C@H]2CCCN(c3ccc([N+](=O)[O-])nc3)C2)ccn1. The lowest BCUT2D eigenvalue weighted by Crippen LogP contribution is -2.48. The monoisotopic (exact) mass is 562 g/mol. The number of aryl methyl sites for hydroxylation is 2. The largest absolute Gasteiger partial charge is 0.481 e. The zero-order valence-corrected chi connectivity index (χ0v) is 22.4. The van der Waals surface area contributed by atoms with Crippen LogP contribution in [0.4, 0.5) is 20.3 Å². The van der Waals surface area contributed by atoms with Gasteiger partial charge in [-0.25, -0.2) is 13.8 Å². The molecule has 41 heavy (non-hydrogen) atoms. The predicted octanol–water partition coefficient (Wildman–Crippen LogP) is 4.21. The molecule has 0 N–H and O–H groups in total. The fourth-order valence-corrected chi connectivity index (χ4v) is 5.99. The predicted molar refractivity (Wildman–Crippen MR) is 148 cm³/mol. The molecule has 6 rings (SSSR count). The van der Waals surface area contributed by atoms with Crippen LogP contribution in [-0.2, 0) is 26.1 Å². The van der Waals surface area contributed by atoms with Crippen molar-refractivity contribution in [2.45, 2.75) is 44.9 Å². The van der Waals surface area contributed by atoms with Gasteiger partial charge in [0.2, 0.25) is 5.88 Å². The van der Waals surface area contributed by atoms with Crippen molar-refractivity contribution >= 4 is 22.4 Å². The highest BCUT2D eigenvalue weighted by molar-refractivity contribution is 5.84. The summed E-state index contributed by atoms with van der Waals surface area (Å²) in [5.41, 5.74) is 2.66. The number of methoxy groups -OCH3 is 1. The number of aromatic nitrogens is 3. The average Bonchev–Trinajstić information content (AvgIpc) is 3.42. The van der Waals surface area contributed by atoms with Gasteiger partial charge in [-0.2, -0.15) is 0 Å². The molecular weight excluding hydrogens is 534 g/mol. The minimum atomic E-state index is -1.00. The molecule has 2 aliphatic rings. The summed E-state index contributed by atoms with van der Waals surface area (Å²) in [6.07, 6.45) is 7.04. The number of nitrogens with zero attached hydrogens (tertiary/aromatic N) is 6. The minimum Gasteiger partial charge on any atom is -0.481 e. The van der Waals surface area contributed by atoms with Crippen molar-refractivity contribution < 1.29 is 18.4 Å². The first kappa shape index (κ1) is 26.8. The molecule has 1 saturated heterocycles. The maximum absolute atomic E-state index is 14.4. The molecule has 0 bridgehead atoms. The van der Waals surface area contributed by atoms with Crippen molar-refractivity contribution in [3.8, 4) is 5.88 Å². The van der Waals surface area contributed by atoms with E-state index >= 15 is 0 Å². The molecule has 0 aliphatic carbocycles. The number of rotatable bonds is 8. The van der Waals surface area contributed by atoms with Crippen LogP contribution in [-0.4, -0.2) is 50.6 Å². The van der Waals surface area contributed by atoms with Crippen molar-refractivity contribution in [1.82, 2.24) is 19.4 Å². The zero-order chi connectivity index (χ0) is 28.7. The summed E-state index contributed by atoms with van der Waals surface area (Å²) < 4.78 is 36.0. The molecule has 0 amide bonds. The first-order valence-corrected chi connectivity index (χ1v) is 13.4. The van der Waals surface area contributed by atoms with Gasteiger partial charge in [-0.3, -0.25) is 9.69 Å². The number of nitro groups is 1. The van der Waals surface area contributed by atoms with Crippen molar-refractivity contribution in [1.29, 1.82) is 0 Å². The molecule has 10 nitrogen and oxygen atoms in total. The van der Waals surface area contributed by atoms with Crippen LogP contribution in [0.1, 0.15) is 29.5 Å². The van der Waals surface area contributed by atoms with Crippen LogP contribution in [0, 0.1) is 21.7 Å². The second kappa shape index (κ2) is 10.8. The van der Waals surface area contributed by atoms with Gasteiger partial charge in [0.1, 0.15) is 0 Å². The summed E-state index contributed by atoms with van der Waals surface area (Å²) in [6, 6.07) is 7.89. The maximum Gasteiger partial charge on any atom is 0.363 e. The number of hydrogen-bond acceptors (Lipinski definition) is 8. The summed E-state index contributed by atoms with van der Waals surface area (Å²) in [4.78, 5) is 36.7. The molecule has 3 aromatic heterocycles. The van der Waals surface area contributed by atoms with Gasteiger partial charge in [-0.05, 0) is 52.9 Å². The van der Waals surface area contributed by atoms with Crippen LogP contribution in [0.3, 0.4) is 0 Å². The third-order valence-electron chi connectivity index (χ3n) is 7.99. The second-order valence-corrected chi connectivity index (χ2v) is 10.5. The van der Waals surface area contributed by atoms with Crippen LogP contribution in [0.25, 0.3) is 10.9 Å². The first-order chi connectivity index (χ1) is 19.8. The molecule has 1 fully saturated rings. The number of piperidine rings is 1. The second-order valence-electron chi connectivity index (χ2n) is 10.5. The van der Waals surface area contributed by atoms with E-state index in [-0.39, 0.29) is 28.2 Å². The third-order valence-corrected chi connectivity index (χ3v) is 7.99. The Kier molecular flexibility index (Phi) is 7.08. The Morgan fingerprint density at radius 1 is 1.17 bits per heavy atom. The number of benzene rings is 1. The normalized spacial score (nSPS) is 16.5. The Balaban J connectivity index is 1.34. The summed E-state index contributed by atoms with van der Waals surface area (Å²) in [5.74, 6) is -1.61. The Hall–Kier alpha value is -4.45. The van der Waals surface area contributed by atoms with Crippen molar-refractivity contribution in [2.24, 2.45) is 0 Å². The first-order valence-electron chi connectivity index (χ1n) is 13.4. The highest BCUT2D eigenvalue weighted by atomic mass is 19.2. The summed E-state index contributed by atoms with van der Waals surface area (Å²) in [6.45, 7) is 2.66. The molecule has 2 aliphatic heterocycles. The number of hydrogen-bond donors (Lipinski definition) is 0. The lowest BCUT2D eigenvalue weighted by molar-refractivity contribution is -0.389. The highest BCUT2D eigenvalue weighted by Crippen LogP contribution is 2.30. The summed E-state index contributed by atoms with van der Waals surface area (Å²) in [5, 5.41) is 11.3. The molecule has 1 aromatic carbocycles. The molecule has 0 radical (unpaired) electrons. The molecule has 0 spiro atoms. The van der Waals surface area contributed by atoms with E-state index in [0.29, 0.717) is 49.6 Å². The smallest absolute Gasteiger partial charge is 0.363 e. The molecule has 4 aromatic rings. The van der Waals surface area contributed by atoms with Crippen LogP contribution < -0.4 is 15.1 Å². The molecule has 12 heteroatoms. The quantitative estimate of drug-likeness (QED) is 0.232. The summed E-state index contributed by atoms with van der Waals surface area (Å²) >= 11 is 0. The summed E-state index contributed by atoms with van der Waals surface area (Å²) in [7, 11) is 1.55. The molecule has 1 atom stereocenters. The minimum absolute atomic E-state index is 0.0206. The van der Waals surface area contributed by atoms with Gasteiger partial charge in [0.25, 0.3) is 0 Å². The van der Waals surface area contributed by atoms with Crippen LogP contribution in [0.15, 0.2) is 53.7 Å². The molecule has 0 unspecified atom stereocenters. The standard InChI is InChI=1S/C29H28F2N6O4/c1-41-26-11-18(6-8-32-26)14-36(21-3-2-9-34(17-21)20-4-5-25(33-13-20)37(39)40)16-19-15-35-10-7-22-27(31)24(30)12-23(28(22)35)29(19)38/h4-6,8,11-13,15,21H,2-3,7,9-10,14,16-17H2,1H3/t21-/m0/s1. The van der Waals surface area contributed by atoms with Crippen molar-refractivity contribution in [3.63, 3.8) is 0 Å². The topological polar surface area (TPSA) is 107 Å². The lowest BCUT2D eigenvalue weighted by Gasteiger charge is -2.40. The fourth-order valence-electron chi connectivity index (χ4n) is 5.99. The Labute approximate surface area is 234 Å². The van der Waals surface area contributed by atoms with Crippen LogP contribution >= 0.6 is 0 Å². The van der Waals surface area contributed by atoms with Gasteiger partial charge in [0, 0.05) is 79.8 Å². The number of halogens is 2. The van der Waals surface area contributed by atoms with E-state index in [0.717, 1.165) is 36.7 Å². The Morgan fingerprint density at radius 2 is 2.02 bits per heavy atom. The van der Waals surface area contributed by atoms with E-state index in [1.54, 1.807) is 25.6 Å². The van der Waals surface area contributed by atoms with Crippen LogP contribution in [0.5, 0.6) is 5.88 Å². The number of ether oxygens (including phenoxy) is 1. The van der Waals surface area contributed by atoms with Crippen molar-refractivity contribution in [2.75, 3.05) is 25.1 Å². The number of anilines is 1. The van der Waals surface area contributed by atoms with Gasteiger partial charge >= 0.3 is 5.82 Å². The Bertz CT molecular complexity index is 1690. The van der Waals surface area contributed by atoms with E-state index in [1.807, 2.05) is 16.7 Å². The van der Waals surface area contributed by atoms with Gasteiger partial charge < -0.3 is 24.3 Å². The van der Waals surface area contributed by atoms with Gasteiger partial charge in [0.05, 0.1) is 18.3 Å². The number of pyridine rings is 3. The van der Waals surface area contributed by atoms with Gasteiger partial charge in [-0.1, -0.05) is 0 Å². The molecular formula is C29H28F2N6O4. The highest BCUT2D eigenvalue weighted by Gasteiger charge is 2.29. The lowest BCUT2D eigenvalue weighted by atomic mass is 10.0. The fraction of sp³-hybridized carbons (Fsp3) is 0.345. The van der Waals surface area contributed by atoms with Crippen molar-refractivity contribution in [3.05, 3.63) is 97.6 Å². The van der Waals surface area contributed by atoms with Gasteiger partial charge in [0.15, 0.2) is 23.3 Å². The van der Waals surface area contributed by atoms with E-state index in [9.17, 15) is 23.7 Å². The van der Waals surface area contributed by atoms with E-state index < -0.39 is 16.6 Å². The van der Waals surface area contributed by atoms with E-state index in [4.69, 9.17) is 4.74 Å². The average molecular weight is 563 g/mol. The van der Waals surface area contributed by atoms with Gasteiger partial charge in [-0.15, -0.1) is 0 Å². The molecule has 212 valence electrons. The van der Waals surface area contributed by atoms with E-state index in [2.05, 4.69) is 19.8 Å². The zero-order valence-electron chi connectivity index (χ0n) is 22.4. The Morgan fingerprint density at radius 3 is 2.78 bits per heavy atom.